The number of nitrogens with one attached hydrogen (secondary N) is 1. The van der Waals surface area contributed by atoms with Gasteiger partial charge < -0.3 is 10.1 Å². The van der Waals surface area contributed by atoms with Crippen LogP contribution in [-0.4, -0.2) is 47.2 Å². The maximum absolute atomic E-state index is 12.5. The van der Waals surface area contributed by atoms with Gasteiger partial charge in [-0.05, 0) is 24.5 Å². The van der Waals surface area contributed by atoms with Crippen molar-refractivity contribution >= 4 is 46.7 Å². The van der Waals surface area contributed by atoms with Gasteiger partial charge in [0.1, 0.15) is 6.04 Å². The number of hydrogen-bond acceptors (Lipinski definition) is 7. The van der Waals surface area contributed by atoms with E-state index in [1.807, 2.05) is 6.26 Å². The maximum Gasteiger partial charge on any atom is 0.329 e. The standard InChI is InChI=1S/C20H19ClN2O6S/c1-30-10-9-17(20(26)29-12-18(24)13-5-3-2-4-6-13)22-19(25)15-8-7-14(23(27)28)11-16(15)21/h2-8,11,17H,9-10,12H2,1H3,(H,22,25)/t17-/m1/s1. The summed E-state index contributed by atoms with van der Waals surface area (Å²) in [6.45, 7) is -0.452. The van der Waals surface area contributed by atoms with E-state index in [-0.39, 0.29) is 28.5 Å². The molecule has 158 valence electrons. The van der Waals surface area contributed by atoms with Crippen molar-refractivity contribution < 1.29 is 24.0 Å². The van der Waals surface area contributed by atoms with Gasteiger partial charge in [0.05, 0.1) is 15.5 Å². The van der Waals surface area contributed by atoms with Crippen molar-refractivity contribution in [1.29, 1.82) is 0 Å². The number of Topliss-reactive ketones (excluding diaryl/α,β-unsaturated/α-hetero) is 1. The average Bonchev–Trinajstić information content (AvgIpc) is 2.74. The van der Waals surface area contributed by atoms with Crippen LogP contribution in [0.3, 0.4) is 0 Å². The van der Waals surface area contributed by atoms with Gasteiger partial charge in [-0.15, -0.1) is 0 Å². The number of ether oxygens (including phenoxy) is 1. The lowest BCUT2D eigenvalue weighted by Gasteiger charge is -2.17. The summed E-state index contributed by atoms with van der Waals surface area (Å²) < 4.78 is 5.10. The summed E-state index contributed by atoms with van der Waals surface area (Å²) in [7, 11) is 0. The number of benzene rings is 2. The molecule has 0 fully saturated rings. The zero-order valence-electron chi connectivity index (χ0n) is 16.0. The van der Waals surface area contributed by atoms with Crippen molar-refractivity contribution in [2.24, 2.45) is 0 Å². The van der Waals surface area contributed by atoms with Crippen LogP contribution in [0.25, 0.3) is 0 Å². The number of ketones is 1. The predicted octanol–water partition coefficient (Wildman–Crippen LogP) is 3.53. The molecule has 0 unspecified atom stereocenters. The Morgan fingerprint density at radius 3 is 2.50 bits per heavy atom. The Labute approximate surface area is 182 Å². The average molecular weight is 451 g/mol. The fourth-order valence-corrected chi connectivity index (χ4v) is 3.20. The summed E-state index contributed by atoms with van der Waals surface area (Å²) in [6, 6.07) is 10.8. The number of nitro groups is 1. The first-order chi connectivity index (χ1) is 14.3. The van der Waals surface area contributed by atoms with Crippen molar-refractivity contribution in [2.45, 2.75) is 12.5 Å². The Morgan fingerprint density at radius 1 is 1.20 bits per heavy atom. The van der Waals surface area contributed by atoms with E-state index in [1.54, 1.807) is 30.3 Å². The lowest BCUT2D eigenvalue weighted by molar-refractivity contribution is -0.384. The minimum Gasteiger partial charge on any atom is -0.456 e. The van der Waals surface area contributed by atoms with Gasteiger partial charge in [-0.2, -0.15) is 11.8 Å². The highest BCUT2D eigenvalue weighted by atomic mass is 35.5. The number of nitro benzene ring substituents is 1. The number of non-ortho nitro benzene ring substituents is 1. The highest BCUT2D eigenvalue weighted by Crippen LogP contribution is 2.22. The van der Waals surface area contributed by atoms with Crippen LogP contribution in [0.4, 0.5) is 5.69 Å². The Hall–Kier alpha value is -2.91. The number of thioether (sulfide) groups is 1. The van der Waals surface area contributed by atoms with Gasteiger partial charge >= 0.3 is 5.97 Å². The second-order valence-electron chi connectivity index (χ2n) is 6.13. The van der Waals surface area contributed by atoms with Crippen LogP contribution in [0.15, 0.2) is 48.5 Å². The number of amides is 1. The zero-order chi connectivity index (χ0) is 22.1. The van der Waals surface area contributed by atoms with Crippen LogP contribution in [-0.2, 0) is 9.53 Å². The zero-order valence-corrected chi connectivity index (χ0v) is 17.6. The van der Waals surface area contributed by atoms with E-state index in [4.69, 9.17) is 16.3 Å². The summed E-state index contributed by atoms with van der Waals surface area (Å²) in [4.78, 5) is 47.3. The molecule has 2 rings (SSSR count). The highest BCUT2D eigenvalue weighted by Gasteiger charge is 2.25. The van der Waals surface area contributed by atoms with E-state index in [0.29, 0.717) is 11.3 Å². The van der Waals surface area contributed by atoms with Crippen LogP contribution in [0.5, 0.6) is 0 Å². The molecule has 30 heavy (non-hydrogen) atoms. The summed E-state index contributed by atoms with van der Waals surface area (Å²) in [5, 5.41) is 13.2. The second-order valence-corrected chi connectivity index (χ2v) is 7.52. The number of nitrogens with zero attached hydrogens (tertiary/aromatic N) is 1. The Kier molecular flexibility index (Phi) is 8.82. The molecule has 0 spiro atoms. The third-order valence-electron chi connectivity index (χ3n) is 4.05. The molecule has 1 atom stereocenters. The van der Waals surface area contributed by atoms with E-state index in [0.717, 1.165) is 12.1 Å². The molecule has 0 heterocycles. The van der Waals surface area contributed by atoms with E-state index in [9.17, 15) is 24.5 Å². The number of rotatable bonds is 10. The largest absolute Gasteiger partial charge is 0.456 e. The topological polar surface area (TPSA) is 116 Å². The SMILES string of the molecule is CSCC[C@@H](NC(=O)c1ccc([N+](=O)[O-])cc1Cl)C(=O)OCC(=O)c1ccccc1. The third kappa shape index (κ3) is 6.57. The molecule has 0 aliphatic heterocycles. The molecule has 8 nitrogen and oxygen atoms in total. The van der Waals surface area contributed by atoms with Crippen molar-refractivity contribution in [2.75, 3.05) is 18.6 Å². The number of hydrogen-bond donors (Lipinski definition) is 1. The van der Waals surface area contributed by atoms with Gasteiger partial charge in [0, 0.05) is 17.7 Å². The van der Waals surface area contributed by atoms with Gasteiger partial charge in [0.2, 0.25) is 0 Å². The number of carbonyl (C=O) groups is 3. The first-order valence-electron chi connectivity index (χ1n) is 8.82. The molecule has 0 aliphatic carbocycles. The monoisotopic (exact) mass is 450 g/mol. The lowest BCUT2D eigenvalue weighted by Crippen LogP contribution is -2.42. The fourth-order valence-electron chi connectivity index (χ4n) is 2.47. The fraction of sp³-hybridized carbons (Fsp3) is 0.250. The predicted molar refractivity (Wildman–Crippen MR) is 114 cm³/mol. The molecule has 0 radical (unpaired) electrons. The number of carbonyl (C=O) groups excluding carboxylic acids is 3. The van der Waals surface area contributed by atoms with Crippen LogP contribution in [0.1, 0.15) is 27.1 Å². The first-order valence-corrected chi connectivity index (χ1v) is 10.6. The van der Waals surface area contributed by atoms with Gasteiger partial charge in [-0.3, -0.25) is 19.7 Å². The lowest BCUT2D eigenvalue weighted by atomic mass is 10.1. The van der Waals surface area contributed by atoms with E-state index in [2.05, 4.69) is 5.32 Å². The van der Waals surface area contributed by atoms with Gasteiger partial charge in [-0.1, -0.05) is 41.9 Å². The normalized spacial score (nSPS) is 11.4. The van der Waals surface area contributed by atoms with E-state index in [1.165, 1.54) is 17.8 Å². The molecule has 2 aromatic carbocycles. The molecule has 0 saturated heterocycles. The van der Waals surface area contributed by atoms with Gasteiger partial charge in [0.15, 0.2) is 12.4 Å². The maximum atomic E-state index is 12.5. The summed E-state index contributed by atoms with van der Waals surface area (Å²) in [6.07, 6.45) is 2.12. The van der Waals surface area contributed by atoms with Crippen molar-refractivity contribution in [3.05, 3.63) is 74.8 Å². The molecule has 1 N–H and O–H groups in total. The van der Waals surface area contributed by atoms with Crippen LogP contribution in [0.2, 0.25) is 5.02 Å². The molecular formula is C20H19ClN2O6S. The molecular weight excluding hydrogens is 432 g/mol. The quantitative estimate of drug-likeness (QED) is 0.255. The van der Waals surface area contributed by atoms with Crippen molar-refractivity contribution in [3.63, 3.8) is 0 Å². The third-order valence-corrected chi connectivity index (χ3v) is 5.01. The molecule has 0 aliphatic rings. The van der Waals surface area contributed by atoms with Crippen LogP contribution in [0, 0.1) is 10.1 Å². The van der Waals surface area contributed by atoms with Crippen molar-refractivity contribution in [1.82, 2.24) is 5.32 Å². The van der Waals surface area contributed by atoms with Crippen LogP contribution < -0.4 is 5.32 Å². The van der Waals surface area contributed by atoms with Gasteiger partial charge in [-0.25, -0.2) is 4.79 Å². The molecule has 0 aromatic heterocycles. The van der Waals surface area contributed by atoms with Crippen molar-refractivity contribution in [3.8, 4) is 0 Å². The Bertz CT molecular complexity index is 938. The Morgan fingerprint density at radius 2 is 1.90 bits per heavy atom. The molecule has 10 heteroatoms. The van der Waals surface area contributed by atoms with E-state index >= 15 is 0 Å². The molecule has 0 bridgehead atoms. The van der Waals surface area contributed by atoms with Crippen LogP contribution >= 0.6 is 23.4 Å². The molecule has 0 saturated carbocycles. The summed E-state index contributed by atoms with van der Waals surface area (Å²) in [5.74, 6) is -1.23. The smallest absolute Gasteiger partial charge is 0.329 e. The van der Waals surface area contributed by atoms with E-state index < -0.39 is 29.4 Å². The highest BCUT2D eigenvalue weighted by molar-refractivity contribution is 7.98. The first kappa shape index (κ1) is 23.4. The number of esters is 1. The minimum atomic E-state index is -1.00. The van der Waals surface area contributed by atoms with Gasteiger partial charge in [0.25, 0.3) is 11.6 Å². The number of halogens is 1. The summed E-state index contributed by atoms with van der Waals surface area (Å²) in [5.41, 5.74) is 0.145. The second kappa shape index (κ2) is 11.3. The Balaban J connectivity index is 2.05. The summed E-state index contributed by atoms with van der Waals surface area (Å²) >= 11 is 7.45. The minimum absolute atomic E-state index is 0.00965. The molecule has 2 aromatic rings. The molecule has 1 amide bonds.